The lowest BCUT2D eigenvalue weighted by Crippen LogP contribution is -2.12. The Bertz CT molecular complexity index is 313. The van der Waals surface area contributed by atoms with Gasteiger partial charge in [-0.1, -0.05) is 92.4 Å². The van der Waals surface area contributed by atoms with Crippen molar-refractivity contribution in [2.45, 2.75) is 105 Å². The van der Waals surface area contributed by atoms with E-state index in [1.807, 2.05) is 20.8 Å². The third-order valence-corrected chi connectivity index (χ3v) is 4.25. The Hall–Kier alpha value is -1.06. The Morgan fingerprint density at radius 2 is 1.24 bits per heavy atom. The lowest BCUT2D eigenvalue weighted by molar-refractivity contribution is -0.147. The SMILES string of the molecule is CCC(C)C(=O)O.CCCCCCCCCCCCOC(=O)C(C)C. The molecule has 1 unspecified atom stereocenters. The number of ether oxygens (including phenoxy) is 1. The van der Waals surface area contributed by atoms with Crippen LogP contribution in [0.4, 0.5) is 0 Å². The number of carbonyl (C=O) groups is 2. The van der Waals surface area contributed by atoms with Gasteiger partial charge in [-0.3, -0.25) is 9.59 Å². The minimum Gasteiger partial charge on any atom is -0.481 e. The molecular formula is C21H42O4. The Labute approximate surface area is 155 Å². The molecule has 0 radical (unpaired) electrons. The van der Waals surface area contributed by atoms with Crippen LogP contribution in [0.5, 0.6) is 0 Å². The lowest BCUT2D eigenvalue weighted by atomic mass is 10.1. The van der Waals surface area contributed by atoms with Crippen LogP contribution in [0.1, 0.15) is 105 Å². The van der Waals surface area contributed by atoms with Crippen LogP contribution in [0.25, 0.3) is 0 Å². The van der Waals surface area contributed by atoms with Gasteiger partial charge in [0, 0.05) is 0 Å². The molecule has 0 aliphatic rings. The molecule has 150 valence electrons. The summed E-state index contributed by atoms with van der Waals surface area (Å²) in [4.78, 5) is 21.1. The van der Waals surface area contributed by atoms with Gasteiger partial charge in [0.25, 0.3) is 0 Å². The molecule has 0 rings (SSSR count). The van der Waals surface area contributed by atoms with E-state index < -0.39 is 5.97 Å². The van der Waals surface area contributed by atoms with E-state index in [-0.39, 0.29) is 17.8 Å². The molecule has 1 N–H and O–H groups in total. The van der Waals surface area contributed by atoms with Gasteiger partial charge in [-0.15, -0.1) is 0 Å². The van der Waals surface area contributed by atoms with Gasteiger partial charge in [0.15, 0.2) is 0 Å². The van der Waals surface area contributed by atoms with Gasteiger partial charge in [-0.2, -0.15) is 0 Å². The van der Waals surface area contributed by atoms with Gasteiger partial charge in [-0.25, -0.2) is 0 Å². The second-order valence-electron chi connectivity index (χ2n) is 7.15. The molecule has 4 nitrogen and oxygen atoms in total. The Morgan fingerprint density at radius 1 is 0.800 bits per heavy atom. The van der Waals surface area contributed by atoms with Gasteiger partial charge in [0.1, 0.15) is 0 Å². The van der Waals surface area contributed by atoms with E-state index in [4.69, 9.17) is 9.84 Å². The average Bonchev–Trinajstić information content (AvgIpc) is 2.59. The van der Waals surface area contributed by atoms with Crippen LogP contribution in [0.3, 0.4) is 0 Å². The second kappa shape index (κ2) is 19.3. The maximum absolute atomic E-state index is 11.2. The summed E-state index contributed by atoms with van der Waals surface area (Å²) in [6.07, 6.45) is 13.8. The van der Waals surface area contributed by atoms with E-state index in [0.29, 0.717) is 6.61 Å². The fourth-order valence-electron chi connectivity index (χ4n) is 2.10. The molecule has 0 aromatic rings. The summed E-state index contributed by atoms with van der Waals surface area (Å²) in [7, 11) is 0. The number of unbranched alkanes of at least 4 members (excludes halogenated alkanes) is 9. The zero-order valence-corrected chi connectivity index (χ0v) is 17.3. The largest absolute Gasteiger partial charge is 0.481 e. The Balaban J connectivity index is 0. The third kappa shape index (κ3) is 20.9. The Morgan fingerprint density at radius 3 is 1.56 bits per heavy atom. The number of hydrogen-bond acceptors (Lipinski definition) is 3. The first-order valence-corrected chi connectivity index (χ1v) is 10.3. The molecule has 0 saturated carbocycles. The molecule has 0 fully saturated rings. The van der Waals surface area contributed by atoms with Crippen molar-refractivity contribution in [1.82, 2.24) is 0 Å². The predicted molar refractivity (Wildman–Crippen MR) is 105 cm³/mol. The maximum Gasteiger partial charge on any atom is 0.308 e. The average molecular weight is 359 g/mol. The van der Waals surface area contributed by atoms with Crippen molar-refractivity contribution < 1.29 is 19.4 Å². The van der Waals surface area contributed by atoms with Crippen molar-refractivity contribution in [3.05, 3.63) is 0 Å². The van der Waals surface area contributed by atoms with Gasteiger partial charge in [-0.05, 0) is 12.8 Å². The minimum atomic E-state index is -0.706. The molecular weight excluding hydrogens is 316 g/mol. The fourth-order valence-corrected chi connectivity index (χ4v) is 2.10. The third-order valence-electron chi connectivity index (χ3n) is 4.25. The molecule has 0 aliphatic carbocycles. The topological polar surface area (TPSA) is 63.6 Å². The van der Waals surface area contributed by atoms with E-state index in [2.05, 4.69) is 6.92 Å². The second-order valence-corrected chi connectivity index (χ2v) is 7.15. The fraction of sp³-hybridized carbons (Fsp3) is 0.905. The molecule has 0 bridgehead atoms. The Kier molecular flexibility index (Phi) is 20.2. The van der Waals surface area contributed by atoms with Gasteiger partial charge >= 0.3 is 11.9 Å². The van der Waals surface area contributed by atoms with E-state index in [0.717, 1.165) is 12.8 Å². The van der Waals surface area contributed by atoms with Crippen LogP contribution in [-0.4, -0.2) is 23.7 Å². The lowest BCUT2D eigenvalue weighted by Gasteiger charge is -2.06. The summed E-state index contributed by atoms with van der Waals surface area (Å²) >= 11 is 0. The monoisotopic (exact) mass is 358 g/mol. The summed E-state index contributed by atoms with van der Waals surface area (Å²) in [5, 5.41) is 8.18. The van der Waals surface area contributed by atoms with Gasteiger partial charge < -0.3 is 9.84 Å². The smallest absolute Gasteiger partial charge is 0.308 e. The number of hydrogen-bond donors (Lipinski definition) is 1. The van der Waals surface area contributed by atoms with Crippen molar-refractivity contribution in [2.24, 2.45) is 11.8 Å². The summed E-state index contributed by atoms with van der Waals surface area (Å²) in [5.74, 6) is -0.943. The highest BCUT2D eigenvalue weighted by Gasteiger charge is 2.07. The first-order chi connectivity index (χ1) is 11.9. The predicted octanol–water partition coefficient (Wildman–Crippen LogP) is 6.22. The molecule has 0 saturated heterocycles. The van der Waals surface area contributed by atoms with Crippen molar-refractivity contribution in [3.8, 4) is 0 Å². The normalized spacial score (nSPS) is 11.6. The number of esters is 1. The highest BCUT2D eigenvalue weighted by molar-refractivity contribution is 5.71. The molecule has 0 heterocycles. The van der Waals surface area contributed by atoms with E-state index >= 15 is 0 Å². The zero-order chi connectivity index (χ0) is 19.5. The summed E-state index contributed by atoms with van der Waals surface area (Å²) in [5.41, 5.74) is 0. The summed E-state index contributed by atoms with van der Waals surface area (Å²) in [6, 6.07) is 0. The highest BCUT2D eigenvalue weighted by Crippen LogP contribution is 2.10. The molecule has 25 heavy (non-hydrogen) atoms. The van der Waals surface area contributed by atoms with Gasteiger partial charge in [0.2, 0.25) is 0 Å². The van der Waals surface area contributed by atoms with E-state index in [9.17, 15) is 9.59 Å². The molecule has 0 amide bonds. The highest BCUT2D eigenvalue weighted by atomic mass is 16.5. The van der Waals surface area contributed by atoms with Crippen LogP contribution in [0.15, 0.2) is 0 Å². The maximum atomic E-state index is 11.2. The number of carboxylic acid groups (broad SMARTS) is 1. The molecule has 4 heteroatoms. The van der Waals surface area contributed by atoms with Crippen molar-refractivity contribution >= 4 is 11.9 Å². The van der Waals surface area contributed by atoms with Crippen LogP contribution in [-0.2, 0) is 14.3 Å². The van der Waals surface area contributed by atoms with Crippen LogP contribution >= 0.6 is 0 Å². The first kappa shape index (κ1) is 26.2. The molecule has 0 spiro atoms. The number of rotatable bonds is 14. The van der Waals surface area contributed by atoms with Crippen LogP contribution in [0, 0.1) is 11.8 Å². The summed E-state index contributed by atoms with van der Waals surface area (Å²) in [6.45, 7) is 10.2. The molecule has 0 aliphatic heterocycles. The van der Waals surface area contributed by atoms with Crippen molar-refractivity contribution in [1.29, 1.82) is 0 Å². The molecule has 0 aromatic heterocycles. The quantitative estimate of drug-likeness (QED) is 0.295. The molecule has 1 atom stereocenters. The minimum absolute atomic E-state index is 0.00752. The first-order valence-electron chi connectivity index (χ1n) is 10.3. The summed E-state index contributed by atoms with van der Waals surface area (Å²) < 4.78 is 5.14. The molecule has 0 aromatic carbocycles. The van der Waals surface area contributed by atoms with Crippen molar-refractivity contribution in [3.63, 3.8) is 0 Å². The number of carbonyl (C=O) groups excluding carboxylic acids is 1. The van der Waals surface area contributed by atoms with Crippen LogP contribution < -0.4 is 0 Å². The standard InChI is InChI=1S/C16H32O2.C5H10O2/c1-4-5-6-7-8-9-10-11-12-13-14-18-16(17)15(2)3;1-3-4(2)5(6)7/h15H,4-14H2,1-3H3;4H,3H2,1-2H3,(H,6,7). The van der Waals surface area contributed by atoms with Gasteiger partial charge in [0.05, 0.1) is 18.4 Å². The van der Waals surface area contributed by atoms with E-state index in [1.165, 1.54) is 57.8 Å². The van der Waals surface area contributed by atoms with Crippen LogP contribution in [0.2, 0.25) is 0 Å². The van der Waals surface area contributed by atoms with Crippen molar-refractivity contribution in [2.75, 3.05) is 6.61 Å². The van der Waals surface area contributed by atoms with E-state index in [1.54, 1.807) is 6.92 Å². The number of aliphatic carboxylic acids is 1. The number of carboxylic acids is 1. The zero-order valence-electron chi connectivity index (χ0n) is 17.3.